The Morgan fingerprint density at radius 1 is 1.12 bits per heavy atom. The number of likely N-dealkylation sites (tertiary alicyclic amines) is 1. The van der Waals surface area contributed by atoms with Crippen LogP contribution >= 0.6 is 0 Å². The summed E-state index contributed by atoms with van der Waals surface area (Å²) in [5.41, 5.74) is 2.39. The molecule has 132 valence electrons. The van der Waals surface area contributed by atoms with Crippen LogP contribution in [-0.2, 0) is 17.6 Å². The molecule has 5 heteroatoms. The van der Waals surface area contributed by atoms with Crippen molar-refractivity contribution in [1.82, 2.24) is 15.2 Å². The van der Waals surface area contributed by atoms with Crippen LogP contribution in [0.2, 0.25) is 0 Å². The van der Waals surface area contributed by atoms with Crippen molar-refractivity contribution in [1.29, 1.82) is 0 Å². The number of benzene rings is 1. The van der Waals surface area contributed by atoms with E-state index in [2.05, 4.69) is 22.4 Å². The summed E-state index contributed by atoms with van der Waals surface area (Å²) in [7, 11) is 0. The molecule has 0 saturated carbocycles. The van der Waals surface area contributed by atoms with Crippen LogP contribution < -0.4 is 5.32 Å². The topological polar surface area (TPSA) is 65.5 Å². The van der Waals surface area contributed by atoms with Crippen molar-refractivity contribution in [2.75, 3.05) is 26.2 Å². The zero-order valence-corrected chi connectivity index (χ0v) is 14.3. The van der Waals surface area contributed by atoms with E-state index in [1.54, 1.807) is 12.4 Å². The maximum Gasteiger partial charge on any atom is 0.234 e. The van der Waals surface area contributed by atoms with Gasteiger partial charge in [-0.1, -0.05) is 30.3 Å². The zero-order chi connectivity index (χ0) is 17.5. The number of aliphatic hydroxyl groups is 1. The quantitative estimate of drug-likeness (QED) is 0.797. The fourth-order valence-electron chi connectivity index (χ4n) is 3.34. The molecule has 0 aliphatic carbocycles. The highest BCUT2D eigenvalue weighted by molar-refractivity contribution is 5.78. The molecule has 0 radical (unpaired) electrons. The Bertz CT molecular complexity index is 663. The summed E-state index contributed by atoms with van der Waals surface area (Å²) < 4.78 is 0. The Hall–Kier alpha value is -2.24. The largest absolute Gasteiger partial charge is 0.391 e. The number of hydrogen-bond acceptors (Lipinski definition) is 4. The van der Waals surface area contributed by atoms with Gasteiger partial charge in [0.15, 0.2) is 0 Å². The van der Waals surface area contributed by atoms with Crippen molar-refractivity contribution in [2.24, 2.45) is 5.92 Å². The lowest BCUT2D eigenvalue weighted by atomic mass is 9.97. The Kier molecular flexibility index (Phi) is 6.14. The molecule has 1 amide bonds. The molecule has 5 nitrogen and oxygen atoms in total. The average molecular weight is 339 g/mol. The number of aromatic nitrogens is 1. The standard InChI is InChI=1S/C20H25N3O2/c24-19-14-23(13-18(19)12-17-6-9-21-10-7-17)15-20(25)22-11-8-16-4-2-1-3-5-16/h1-7,9-10,18-19,24H,8,11-15H2,(H,22,25)/t18-,19+/m1/s1. The number of nitrogens with one attached hydrogen (secondary N) is 1. The van der Waals surface area contributed by atoms with E-state index in [4.69, 9.17) is 0 Å². The Labute approximate surface area is 148 Å². The van der Waals surface area contributed by atoms with Crippen molar-refractivity contribution in [3.05, 3.63) is 66.0 Å². The molecular weight excluding hydrogens is 314 g/mol. The van der Waals surface area contributed by atoms with Gasteiger partial charge in [-0.3, -0.25) is 14.7 Å². The zero-order valence-electron chi connectivity index (χ0n) is 14.3. The molecule has 0 unspecified atom stereocenters. The molecule has 1 aromatic heterocycles. The van der Waals surface area contributed by atoms with Crippen LogP contribution in [0.15, 0.2) is 54.9 Å². The van der Waals surface area contributed by atoms with Gasteiger partial charge < -0.3 is 10.4 Å². The van der Waals surface area contributed by atoms with Crippen molar-refractivity contribution in [3.8, 4) is 0 Å². The molecule has 1 aliphatic heterocycles. The highest BCUT2D eigenvalue weighted by Gasteiger charge is 2.32. The molecule has 1 aromatic carbocycles. The number of pyridine rings is 1. The van der Waals surface area contributed by atoms with E-state index < -0.39 is 0 Å². The molecule has 2 heterocycles. The van der Waals surface area contributed by atoms with E-state index in [-0.39, 0.29) is 17.9 Å². The minimum absolute atomic E-state index is 0.0210. The molecular formula is C20H25N3O2. The first-order valence-electron chi connectivity index (χ1n) is 8.80. The maximum absolute atomic E-state index is 12.1. The molecule has 1 saturated heterocycles. The van der Waals surface area contributed by atoms with Crippen LogP contribution in [0.25, 0.3) is 0 Å². The van der Waals surface area contributed by atoms with Crippen molar-refractivity contribution < 1.29 is 9.90 Å². The Morgan fingerprint density at radius 2 is 1.88 bits per heavy atom. The second-order valence-corrected chi connectivity index (χ2v) is 6.67. The van der Waals surface area contributed by atoms with E-state index in [9.17, 15) is 9.90 Å². The molecule has 0 bridgehead atoms. The third-order valence-electron chi connectivity index (χ3n) is 4.68. The molecule has 2 atom stereocenters. The fraction of sp³-hybridized carbons (Fsp3) is 0.400. The smallest absolute Gasteiger partial charge is 0.234 e. The predicted octanol–water partition coefficient (Wildman–Crippen LogP) is 1.28. The Balaban J connectivity index is 1.40. The maximum atomic E-state index is 12.1. The van der Waals surface area contributed by atoms with Gasteiger partial charge in [-0.2, -0.15) is 0 Å². The molecule has 3 rings (SSSR count). The fourth-order valence-corrected chi connectivity index (χ4v) is 3.34. The van der Waals surface area contributed by atoms with Crippen molar-refractivity contribution >= 4 is 5.91 Å². The van der Waals surface area contributed by atoms with Crippen molar-refractivity contribution in [2.45, 2.75) is 18.9 Å². The molecule has 0 spiro atoms. The second kappa shape index (κ2) is 8.74. The van der Waals surface area contributed by atoms with Crippen LogP contribution in [0, 0.1) is 5.92 Å². The van der Waals surface area contributed by atoms with Crippen LogP contribution in [-0.4, -0.2) is 53.2 Å². The van der Waals surface area contributed by atoms with Crippen molar-refractivity contribution in [3.63, 3.8) is 0 Å². The van der Waals surface area contributed by atoms with Crippen LogP contribution in [0.5, 0.6) is 0 Å². The van der Waals surface area contributed by atoms with Gasteiger partial charge in [0.25, 0.3) is 0 Å². The van der Waals surface area contributed by atoms with Crippen LogP contribution in [0.3, 0.4) is 0 Å². The lowest BCUT2D eigenvalue weighted by molar-refractivity contribution is -0.122. The number of amides is 1. The monoisotopic (exact) mass is 339 g/mol. The van der Waals surface area contributed by atoms with Gasteiger partial charge in [-0.15, -0.1) is 0 Å². The number of β-amino-alcohol motifs (C(OH)–C–C–N with tert-alkyl or cyclic N) is 1. The second-order valence-electron chi connectivity index (χ2n) is 6.67. The molecule has 1 fully saturated rings. The predicted molar refractivity (Wildman–Crippen MR) is 97.0 cm³/mol. The summed E-state index contributed by atoms with van der Waals surface area (Å²) in [6.45, 7) is 2.29. The van der Waals surface area contributed by atoms with E-state index in [0.29, 0.717) is 19.6 Å². The van der Waals surface area contributed by atoms with Gasteiger partial charge in [-0.05, 0) is 36.1 Å². The van der Waals surface area contributed by atoms with Gasteiger partial charge in [0.2, 0.25) is 5.91 Å². The Morgan fingerprint density at radius 3 is 2.64 bits per heavy atom. The molecule has 25 heavy (non-hydrogen) atoms. The van der Waals surface area contributed by atoms with E-state index >= 15 is 0 Å². The van der Waals surface area contributed by atoms with Gasteiger partial charge in [0.05, 0.1) is 12.6 Å². The summed E-state index contributed by atoms with van der Waals surface area (Å²) in [6, 6.07) is 14.1. The minimum Gasteiger partial charge on any atom is -0.391 e. The SMILES string of the molecule is O=C(CN1C[C@@H](Cc2ccncc2)[C@@H](O)C1)NCCc1ccccc1. The summed E-state index contributed by atoms with van der Waals surface area (Å²) in [4.78, 5) is 18.2. The van der Waals surface area contributed by atoms with Crippen LogP contribution in [0.1, 0.15) is 11.1 Å². The summed E-state index contributed by atoms with van der Waals surface area (Å²) >= 11 is 0. The van der Waals surface area contributed by atoms with Gasteiger partial charge in [0.1, 0.15) is 0 Å². The first-order chi connectivity index (χ1) is 12.2. The summed E-state index contributed by atoms with van der Waals surface area (Å²) in [6.07, 6.45) is 4.81. The normalized spacial score (nSPS) is 20.5. The average Bonchev–Trinajstić information content (AvgIpc) is 2.96. The molecule has 1 aliphatic rings. The van der Waals surface area contributed by atoms with E-state index in [1.807, 2.05) is 35.2 Å². The minimum atomic E-state index is -0.384. The number of rotatable bonds is 7. The number of carbonyl (C=O) groups excluding carboxylic acids is 1. The van der Waals surface area contributed by atoms with E-state index in [1.165, 1.54) is 11.1 Å². The lowest BCUT2D eigenvalue weighted by Crippen LogP contribution is -2.37. The van der Waals surface area contributed by atoms with Gasteiger partial charge in [-0.25, -0.2) is 0 Å². The number of aliphatic hydroxyl groups excluding tert-OH is 1. The first kappa shape index (κ1) is 17.6. The first-order valence-corrected chi connectivity index (χ1v) is 8.80. The lowest BCUT2D eigenvalue weighted by Gasteiger charge is -2.15. The number of nitrogens with zero attached hydrogens (tertiary/aromatic N) is 2. The molecule has 2 N–H and O–H groups in total. The summed E-state index contributed by atoms with van der Waals surface area (Å²) in [5.74, 6) is 0.187. The van der Waals surface area contributed by atoms with Crippen LogP contribution in [0.4, 0.5) is 0 Å². The number of carbonyl (C=O) groups is 1. The van der Waals surface area contributed by atoms with Gasteiger partial charge in [0, 0.05) is 37.9 Å². The summed E-state index contributed by atoms with van der Waals surface area (Å²) in [5, 5.41) is 13.2. The van der Waals surface area contributed by atoms with E-state index in [0.717, 1.165) is 19.4 Å². The highest BCUT2D eigenvalue weighted by Crippen LogP contribution is 2.21. The molecule has 2 aromatic rings. The number of hydrogen-bond donors (Lipinski definition) is 2. The third-order valence-corrected chi connectivity index (χ3v) is 4.68. The third kappa shape index (κ3) is 5.37. The van der Waals surface area contributed by atoms with Gasteiger partial charge >= 0.3 is 0 Å². The highest BCUT2D eigenvalue weighted by atomic mass is 16.3.